The van der Waals surface area contributed by atoms with Crippen molar-refractivity contribution in [3.63, 3.8) is 0 Å². The van der Waals surface area contributed by atoms with Gasteiger partial charge in [0.25, 0.3) is 0 Å². The summed E-state index contributed by atoms with van der Waals surface area (Å²) in [7, 11) is 0. The van der Waals surface area contributed by atoms with Crippen molar-refractivity contribution in [1.29, 1.82) is 0 Å². The molecule has 1 atom stereocenters. The summed E-state index contributed by atoms with van der Waals surface area (Å²) in [5, 5.41) is -0.222. The van der Waals surface area contributed by atoms with Gasteiger partial charge in [-0.3, -0.25) is 0 Å². The molecule has 2 aromatic rings. The first kappa shape index (κ1) is 15.8. The fourth-order valence-electron chi connectivity index (χ4n) is 2.72. The maximum Gasteiger partial charge on any atom is 0.139 e. The molecule has 5 heteroatoms. The molecule has 0 bridgehead atoms. The summed E-state index contributed by atoms with van der Waals surface area (Å²) in [6.07, 6.45) is 2.02. The largest absolute Gasteiger partial charge is 0.321 e. The summed E-state index contributed by atoms with van der Waals surface area (Å²) < 4.78 is 16.4. The third-order valence-electron chi connectivity index (χ3n) is 3.55. The Morgan fingerprint density at radius 2 is 2.10 bits per heavy atom. The Labute approximate surface area is 132 Å². The SMILES string of the molecule is CCCC(C)(C)n1c(C(C)Cl)nc2cc(Br)c(F)cc21. The van der Waals surface area contributed by atoms with E-state index in [1.165, 1.54) is 6.07 Å². The average molecular weight is 362 g/mol. The van der Waals surface area contributed by atoms with E-state index in [0.29, 0.717) is 4.47 Å². The summed E-state index contributed by atoms with van der Waals surface area (Å²) in [5.41, 5.74) is 1.42. The van der Waals surface area contributed by atoms with Crippen molar-refractivity contribution in [2.75, 3.05) is 0 Å². The number of fused-ring (bicyclic) bond motifs is 1. The highest BCUT2D eigenvalue weighted by Gasteiger charge is 2.27. The Morgan fingerprint density at radius 1 is 1.45 bits per heavy atom. The average Bonchev–Trinajstić information content (AvgIpc) is 2.69. The van der Waals surface area contributed by atoms with Gasteiger partial charge in [-0.05, 0) is 49.2 Å². The van der Waals surface area contributed by atoms with Gasteiger partial charge in [-0.2, -0.15) is 0 Å². The van der Waals surface area contributed by atoms with Crippen LogP contribution in [-0.4, -0.2) is 9.55 Å². The molecule has 0 radical (unpaired) electrons. The minimum atomic E-state index is -0.278. The molecule has 2 nitrogen and oxygen atoms in total. The first-order valence-corrected chi connectivity index (χ1v) is 8.03. The molecule has 0 N–H and O–H groups in total. The third-order valence-corrected chi connectivity index (χ3v) is 4.35. The van der Waals surface area contributed by atoms with Crippen molar-refractivity contribution in [1.82, 2.24) is 9.55 Å². The predicted octanol–water partition coefficient (Wildman–Crippen LogP) is 5.77. The fourth-order valence-corrected chi connectivity index (χ4v) is 3.20. The number of benzene rings is 1. The molecule has 110 valence electrons. The number of imidazole rings is 1. The molecule has 0 amide bonds. The minimum absolute atomic E-state index is 0.151. The lowest BCUT2D eigenvalue weighted by atomic mass is 9.97. The molecule has 2 rings (SSSR count). The lowest BCUT2D eigenvalue weighted by Crippen LogP contribution is -2.28. The lowest BCUT2D eigenvalue weighted by molar-refractivity contribution is 0.323. The number of hydrogen-bond donors (Lipinski definition) is 0. The van der Waals surface area contributed by atoms with E-state index in [2.05, 4.69) is 46.3 Å². The molecule has 0 aliphatic rings. The lowest BCUT2D eigenvalue weighted by Gasteiger charge is -2.29. The van der Waals surface area contributed by atoms with Crippen molar-refractivity contribution in [2.45, 2.75) is 51.5 Å². The molecule has 0 saturated carbocycles. The van der Waals surface area contributed by atoms with Crippen LogP contribution in [0.1, 0.15) is 51.7 Å². The number of alkyl halides is 1. The zero-order valence-corrected chi connectivity index (χ0v) is 14.5. The number of nitrogens with zero attached hydrogens (tertiary/aromatic N) is 2. The Bertz CT molecular complexity index is 634. The number of halogens is 3. The second kappa shape index (κ2) is 5.64. The first-order chi connectivity index (χ1) is 9.27. The summed E-state index contributed by atoms with van der Waals surface area (Å²) in [5.74, 6) is 0.511. The van der Waals surface area contributed by atoms with E-state index in [4.69, 9.17) is 11.6 Å². The van der Waals surface area contributed by atoms with E-state index in [-0.39, 0.29) is 16.7 Å². The van der Waals surface area contributed by atoms with Crippen LogP contribution in [0.5, 0.6) is 0 Å². The van der Waals surface area contributed by atoms with Crippen LogP contribution in [0.4, 0.5) is 4.39 Å². The van der Waals surface area contributed by atoms with Crippen LogP contribution in [0.3, 0.4) is 0 Å². The van der Waals surface area contributed by atoms with Crippen LogP contribution < -0.4 is 0 Å². The molecule has 1 unspecified atom stereocenters. The zero-order chi connectivity index (χ0) is 15.1. The van der Waals surface area contributed by atoms with Gasteiger partial charge in [0.1, 0.15) is 11.6 Å². The number of aromatic nitrogens is 2. The molecular weight excluding hydrogens is 343 g/mol. The van der Waals surface area contributed by atoms with E-state index in [9.17, 15) is 4.39 Å². The van der Waals surface area contributed by atoms with Gasteiger partial charge in [-0.1, -0.05) is 13.3 Å². The number of rotatable bonds is 4. The van der Waals surface area contributed by atoms with Gasteiger partial charge in [0.2, 0.25) is 0 Å². The normalized spacial score (nSPS) is 13.9. The van der Waals surface area contributed by atoms with Gasteiger partial charge < -0.3 is 4.57 Å². The topological polar surface area (TPSA) is 17.8 Å². The molecule has 0 fully saturated rings. The van der Waals surface area contributed by atoms with Crippen molar-refractivity contribution in [2.24, 2.45) is 0 Å². The van der Waals surface area contributed by atoms with Crippen molar-refractivity contribution >= 4 is 38.6 Å². The highest BCUT2D eigenvalue weighted by atomic mass is 79.9. The fraction of sp³-hybridized carbons (Fsp3) is 0.533. The van der Waals surface area contributed by atoms with Gasteiger partial charge in [0.15, 0.2) is 0 Å². The Balaban J connectivity index is 2.78. The standard InChI is InChI=1S/C15H19BrClFN2/c1-5-6-15(3,4)20-13-8-11(18)10(16)7-12(13)19-14(20)9(2)17/h7-9H,5-6H2,1-4H3. The van der Waals surface area contributed by atoms with Crippen LogP contribution in [0.15, 0.2) is 16.6 Å². The van der Waals surface area contributed by atoms with Gasteiger partial charge in [-0.25, -0.2) is 9.37 Å². The van der Waals surface area contributed by atoms with Crippen molar-refractivity contribution in [3.05, 3.63) is 28.2 Å². The van der Waals surface area contributed by atoms with Crippen LogP contribution in [0, 0.1) is 5.82 Å². The van der Waals surface area contributed by atoms with Crippen LogP contribution in [0.25, 0.3) is 11.0 Å². The zero-order valence-electron chi connectivity index (χ0n) is 12.2. The van der Waals surface area contributed by atoms with Crippen LogP contribution in [0.2, 0.25) is 0 Å². The second-order valence-corrected chi connectivity index (χ2v) is 7.25. The first-order valence-electron chi connectivity index (χ1n) is 6.80. The van der Waals surface area contributed by atoms with Gasteiger partial charge in [0, 0.05) is 11.6 Å². The third kappa shape index (κ3) is 2.73. The van der Waals surface area contributed by atoms with E-state index in [1.54, 1.807) is 6.07 Å². The molecule has 0 aliphatic heterocycles. The maximum atomic E-state index is 13.9. The van der Waals surface area contributed by atoms with E-state index in [0.717, 1.165) is 29.7 Å². The quantitative estimate of drug-likeness (QED) is 0.632. The molecule has 1 aromatic heterocycles. The molecule has 0 aliphatic carbocycles. The summed E-state index contributed by atoms with van der Waals surface area (Å²) >= 11 is 9.49. The van der Waals surface area contributed by atoms with E-state index in [1.807, 2.05) is 6.92 Å². The molecule has 0 saturated heterocycles. The van der Waals surface area contributed by atoms with E-state index >= 15 is 0 Å². The second-order valence-electron chi connectivity index (χ2n) is 5.74. The Hall–Kier alpha value is -0.610. The molecule has 1 heterocycles. The molecular formula is C15H19BrClFN2. The summed E-state index contributed by atoms with van der Waals surface area (Å²) in [6.45, 7) is 8.31. The maximum absolute atomic E-state index is 13.9. The summed E-state index contributed by atoms with van der Waals surface area (Å²) in [6, 6.07) is 3.25. The highest BCUT2D eigenvalue weighted by molar-refractivity contribution is 9.10. The molecule has 20 heavy (non-hydrogen) atoms. The van der Waals surface area contributed by atoms with Crippen molar-refractivity contribution < 1.29 is 4.39 Å². The minimum Gasteiger partial charge on any atom is -0.321 e. The Morgan fingerprint density at radius 3 is 2.65 bits per heavy atom. The molecule has 1 aromatic carbocycles. The van der Waals surface area contributed by atoms with Gasteiger partial charge >= 0.3 is 0 Å². The highest BCUT2D eigenvalue weighted by Crippen LogP contribution is 2.35. The van der Waals surface area contributed by atoms with Crippen molar-refractivity contribution in [3.8, 4) is 0 Å². The van der Waals surface area contributed by atoms with E-state index < -0.39 is 0 Å². The molecule has 0 spiro atoms. The summed E-state index contributed by atoms with van der Waals surface area (Å²) in [4.78, 5) is 4.60. The monoisotopic (exact) mass is 360 g/mol. The smallest absolute Gasteiger partial charge is 0.139 e. The van der Waals surface area contributed by atoms with Gasteiger partial charge in [0.05, 0.1) is 20.9 Å². The Kier molecular flexibility index (Phi) is 4.45. The van der Waals surface area contributed by atoms with Crippen LogP contribution >= 0.6 is 27.5 Å². The van der Waals surface area contributed by atoms with Crippen LogP contribution in [-0.2, 0) is 5.54 Å². The predicted molar refractivity (Wildman–Crippen MR) is 85.9 cm³/mol. The number of hydrogen-bond acceptors (Lipinski definition) is 1. The van der Waals surface area contributed by atoms with Gasteiger partial charge in [-0.15, -0.1) is 11.6 Å².